The first-order valence-electron chi connectivity index (χ1n) is 7.64. The van der Waals surface area contributed by atoms with Crippen molar-refractivity contribution in [2.75, 3.05) is 6.54 Å². The number of aromatic nitrogens is 1. The molecule has 0 radical (unpaired) electrons. The van der Waals surface area contributed by atoms with Gasteiger partial charge < -0.3 is 10.3 Å². The summed E-state index contributed by atoms with van der Waals surface area (Å²) in [4.78, 5) is 1.33. The molecule has 2 heterocycles. The summed E-state index contributed by atoms with van der Waals surface area (Å²) >= 11 is 1.86. The first kappa shape index (κ1) is 13.6. The number of nitrogens with zero attached hydrogens (tertiary/aromatic N) is 1. The standard InChI is InChI=1S/C19H18N2S/c20-10-5-11-21-16-8-3-1-6-14(16)12-17(21)19-13-15-7-2-4-9-18(15)22-19/h1-4,6-9,12-13H,5,10-11,20H2. The summed E-state index contributed by atoms with van der Waals surface area (Å²) in [5.74, 6) is 0. The Kier molecular flexibility index (Phi) is 3.45. The SMILES string of the molecule is NCCCn1c(-c2cc3ccccc3s2)cc2ccccc21. The highest BCUT2D eigenvalue weighted by atomic mass is 32.1. The highest BCUT2D eigenvalue weighted by Gasteiger charge is 2.12. The van der Waals surface area contributed by atoms with Gasteiger partial charge in [0.05, 0.1) is 10.6 Å². The second kappa shape index (κ2) is 5.59. The van der Waals surface area contributed by atoms with E-state index < -0.39 is 0 Å². The Morgan fingerprint density at radius 3 is 2.50 bits per heavy atom. The molecular weight excluding hydrogens is 288 g/mol. The van der Waals surface area contributed by atoms with E-state index in [1.54, 1.807) is 0 Å². The number of para-hydroxylation sites is 1. The van der Waals surface area contributed by atoms with Crippen molar-refractivity contribution in [2.24, 2.45) is 5.73 Å². The summed E-state index contributed by atoms with van der Waals surface area (Å²) in [6.45, 7) is 1.69. The average Bonchev–Trinajstić information content (AvgIpc) is 3.14. The van der Waals surface area contributed by atoms with Gasteiger partial charge in [-0.1, -0.05) is 36.4 Å². The molecule has 3 heteroatoms. The van der Waals surface area contributed by atoms with Gasteiger partial charge in [0.25, 0.3) is 0 Å². The Morgan fingerprint density at radius 1 is 0.909 bits per heavy atom. The number of nitrogens with two attached hydrogens (primary N) is 1. The molecule has 22 heavy (non-hydrogen) atoms. The summed E-state index contributed by atoms with van der Waals surface area (Å²) in [6.07, 6.45) is 0.997. The van der Waals surface area contributed by atoms with Gasteiger partial charge in [0.2, 0.25) is 0 Å². The molecule has 2 nitrogen and oxygen atoms in total. The zero-order valence-electron chi connectivity index (χ0n) is 12.3. The van der Waals surface area contributed by atoms with Gasteiger partial charge >= 0.3 is 0 Å². The number of hydrogen-bond acceptors (Lipinski definition) is 2. The van der Waals surface area contributed by atoms with E-state index in [1.165, 1.54) is 31.6 Å². The van der Waals surface area contributed by atoms with Crippen LogP contribution in [0, 0.1) is 0 Å². The minimum absolute atomic E-state index is 0.721. The molecule has 2 N–H and O–H groups in total. The fourth-order valence-electron chi connectivity index (χ4n) is 3.01. The van der Waals surface area contributed by atoms with Gasteiger partial charge in [0, 0.05) is 22.1 Å². The zero-order valence-corrected chi connectivity index (χ0v) is 13.1. The molecule has 0 aliphatic carbocycles. The number of thiophene rings is 1. The Morgan fingerprint density at radius 2 is 1.68 bits per heavy atom. The lowest BCUT2D eigenvalue weighted by Crippen LogP contribution is -2.06. The van der Waals surface area contributed by atoms with Crippen LogP contribution in [-0.4, -0.2) is 11.1 Å². The minimum Gasteiger partial charge on any atom is -0.340 e. The fourth-order valence-corrected chi connectivity index (χ4v) is 4.10. The highest BCUT2D eigenvalue weighted by molar-refractivity contribution is 7.22. The molecule has 0 unspecified atom stereocenters. The van der Waals surface area contributed by atoms with Crippen LogP contribution in [0.4, 0.5) is 0 Å². The summed E-state index contributed by atoms with van der Waals surface area (Å²) in [5.41, 5.74) is 8.33. The summed E-state index contributed by atoms with van der Waals surface area (Å²) in [6, 6.07) is 21.8. The monoisotopic (exact) mass is 306 g/mol. The molecule has 0 spiro atoms. The van der Waals surface area contributed by atoms with Crippen molar-refractivity contribution in [3.63, 3.8) is 0 Å². The molecule has 0 fully saturated rings. The van der Waals surface area contributed by atoms with Gasteiger partial charge in [0.1, 0.15) is 0 Å². The molecule has 0 atom stereocenters. The van der Waals surface area contributed by atoms with E-state index >= 15 is 0 Å². The topological polar surface area (TPSA) is 30.9 Å². The van der Waals surface area contributed by atoms with Gasteiger partial charge in [-0.05, 0) is 42.6 Å². The number of aryl methyl sites for hydroxylation is 1. The van der Waals surface area contributed by atoms with Crippen molar-refractivity contribution in [3.05, 3.63) is 60.7 Å². The number of rotatable bonds is 4. The normalized spacial score (nSPS) is 11.5. The van der Waals surface area contributed by atoms with Crippen LogP contribution >= 0.6 is 11.3 Å². The molecule has 0 saturated heterocycles. The minimum atomic E-state index is 0.721. The lowest BCUT2D eigenvalue weighted by molar-refractivity contribution is 0.676. The van der Waals surface area contributed by atoms with Gasteiger partial charge in [-0.15, -0.1) is 11.3 Å². The molecule has 0 amide bonds. The van der Waals surface area contributed by atoms with Crippen LogP contribution in [0.3, 0.4) is 0 Å². The molecule has 0 aliphatic rings. The van der Waals surface area contributed by atoms with Crippen LogP contribution < -0.4 is 5.73 Å². The van der Waals surface area contributed by atoms with Crippen molar-refractivity contribution in [1.29, 1.82) is 0 Å². The van der Waals surface area contributed by atoms with E-state index in [2.05, 4.69) is 65.2 Å². The zero-order chi connectivity index (χ0) is 14.9. The van der Waals surface area contributed by atoms with E-state index in [1.807, 2.05) is 11.3 Å². The first-order valence-corrected chi connectivity index (χ1v) is 8.46. The third-order valence-electron chi connectivity index (χ3n) is 4.07. The maximum atomic E-state index is 5.73. The van der Waals surface area contributed by atoms with Crippen LogP contribution in [0.15, 0.2) is 60.7 Å². The predicted molar refractivity (Wildman–Crippen MR) is 96.4 cm³/mol. The average molecular weight is 306 g/mol. The van der Waals surface area contributed by atoms with Crippen molar-refractivity contribution in [3.8, 4) is 10.6 Å². The molecule has 0 bridgehead atoms. The quantitative estimate of drug-likeness (QED) is 0.573. The second-order valence-corrected chi connectivity index (χ2v) is 6.61. The maximum Gasteiger partial charge on any atom is 0.0593 e. The van der Waals surface area contributed by atoms with E-state index in [-0.39, 0.29) is 0 Å². The fraction of sp³-hybridized carbons (Fsp3) is 0.158. The smallest absolute Gasteiger partial charge is 0.0593 e. The highest BCUT2D eigenvalue weighted by Crippen LogP contribution is 2.36. The Bertz CT molecular complexity index is 900. The molecule has 4 rings (SSSR count). The molecule has 0 saturated carbocycles. The molecule has 4 aromatic rings. The van der Waals surface area contributed by atoms with Gasteiger partial charge in [-0.3, -0.25) is 0 Å². The molecule has 0 aliphatic heterocycles. The van der Waals surface area contributed by atoms with Crippen molar-refractivity contribution >= 4 is 32.3 Å². The maximum absolute atomic E-state index is 5.73. The number of hydrogen-bond donors (Lipinski definition) is 1. The number of benzene rings is 2. The Hall–Kier alpha value is -2.10. The lowest BCUT2D eigenvalue weighted by atomic mass is 10.2. The third-order valence-corrected chi connectivity index (χ3v) is 5.21. The van der Waals surface area contributed by atoms with E-state index in [4.69, 9.17) is 5.73 Å². The molecule has 2 aromatic heterocycles. The lowest BCUT2D eigenvalue weighted by Gasteiger charge is -2.08. The van der Waals surface area contributed by atoms with Crippen LogP contribution in [0.1, 0.15) is 6.42 Å². The van der Waals surface area contributed by atoms with Crippen molar-refractivity contribution in [1.82, 2.24) is 4.57 Å². The van der Waals surface area contributed by atoms with Crippen LogP contribution in [-0.2, 0) is 6.54 Å². The van der Waals surface area contributed by atoms with Crippen LogP contribution in [0.25, 0.3) is 31.6 Å². The first-order chi connectivity index (χ1) is 10.9. The second-order valence-electron chi connectivity index (χ2n) is 5.53. The summed E-state index contributed by atoms with van der Waals surface area (Å²) in [5, 5.41) is 2.62. The van der Waals surface area contributed by atoms with Gasteiger partial charge in [0.15, 0.2) is 0 Å². The van der Waals surface area contributed by atoms with Crippen molar-refractivity contribution in [2.45, 2.75) is 13.0 Å². The number of fused-ring (bicyclic) bond motifs is 2. The summed E-state index contributed by atoms with van der Waals surface area (Å²) in [7, 11) is 0. The third kappa shape index (κ3) is 2.23. The van der Waals surface area contributed by atoms with E-state index in [0.29, 0.717) is 0 Å². The van der Waals surface area contributed by atoms with Gasteiger partial charge in [-0.25, -0.2) is 0 Å². The van der Waals surface area contributed by atoms with Crippen molar-refractivity contribution < 1.29 is 0 Å². The molecular formula is C19H18N2S. The summed E-state index contributed by atoms with van der Waals surface area (Å²) < 4.78 is 3.75. The molecule has 2 aromatic carbocycles. The molecule has 110 valence electrons. The predicted octanol–water partition coefficient (Wildman–Crippen LogP) is 4.87. The Balaban J connectivity index is 1.92. The van der Waals surface area contributed by atoms with Crippen LogP contribution in [0.2, 0.25) is 0 Å². The largest absolute Gasteiger partial charge is 0.340 e. The Labute approximate surface area is 133 Å². The van der Waals surface area contributed by atoms with Crippen LogP contribution in [0.5, 0.6) is 0 Å². The van der Waals surface area contributed by atoms with E-state index in [9.17, 15) is 0 Å². The van der Waals surface area contributed by atoms with E-state index in [0.717, 1.165) is 19.5 Å². The van der Waals surface area contributed by atoms with Gasteiger partial charge in [-0.2, -0.15) is 0 Å².